The van der Waals surface area contributed by atoms with Gasteiger partial charge in [0.1, 0.15) is 24.1 Å². The van der Waals surface area contributed by atoms with Gasteiger partial charge in [-0.1, -0.05) is 6.07 Å². The second-order valence-electron chi connectivity index (χ2n) is 9.25. The normalized spacial score (nSPS) is 20.3. The Morgan fingerprint density at radius 2 is 2.06 bits per heavy atom. The third-order valence-corrected chi connectivity index (χ3v) is 7.01. The van der Waals surface area contributed by atoms with Crippen molar-refractivity contribution in [2.75, 3.05) is 45.4 Å². The van der Waals surface area contributed by atoms with Crippen molar-refractivity contribution in [2.24, 2.45) is 0 Å². The highest BCUT2D eigenvalue weighted by Gasteiger charge is 2.51. The van der Waals surface area contributed by atoms with E-state index in [-0.39, 0.29) is 37.5 Å². The molecule has 6 rings (SSSR count). The van der Waals surface area contributed by atoms with E-state index in [4.69, 9.17) is 9.47 Å². The fourth-order valence-electron chi connectivity index (χ4n) is 5.04. The van der Waals surface area contributed by atoms with Gasteiger partial charge in [-0.3, -0.25) is 4.90 Å². The molecule has 1 aromatic carbocycles. The van der Waals surface area contributed by atoms with Crippen LogP contribution in [0.4, 0.5) is 19.1 Å². The minimum absolute atomic E-state index is 0.0231. The standard InChI is InChI=1S/C24H26F3N7O2/c1-14-28-18-4-3-15(9-19(18)33(14)8-6-25)17-5-7-34-21(17)22(35-2)30-23(31-34)29-20-10-32(13-24(20,26)27)16-11-36-12-16/h3-5,7,9,16,20H,6,8,10-13H2,1-2H3,(H,29,31). The number of anilines is 1. The summed E-state index contributed by atoms with van der Waals surface area (Å²) in [7, 11) is 1.48. The van der Waals surface area contributed by atoms with Gasteiger partial charge >= 0.3 is 0 Å². The first-order valence-corrected chi connectivity index (χ1v) is 11.8. The molecule has 2 fully saturated rings. The van der Waals surface area contributed by atoms with Crippen molar-refractivity contribution in [1.29, 1.82) is 0 Å². The number of halogens is 3. The zero-order valence-electron chi connectivity index (χ0n) is 19.9. The first-order chi connectivity index (χ1) is 17.4. The Balaban J connectivity index is 1.34. The number of aromatic nitrogens is 5. The Bertz CT molecular complexity index is 1430. The molecule has 4 aromatic rings. The van der Waals surface area contributed by atoms with Crippen LogP contribution in [0.3, 0.4) is 0 Å². The Hall–Kier alpha value is -3.38. The van der Waals surface area contributed by atoms with Crippen LogP contribution >= 0.6 is 0 Å². The van der Waals surface area contributed by atoms with E-state index in [9.17, 15) is 13.2 Å². The van der Waals surface area contributed by atoms with E-state index in [1.54, 1.807) is 15.6 Å². The highest BCUT2D eigenvalue weighted by molar-refractivity contribution is 5.89. The van der Waals surface area contributed by atoms with E-state index in [0.717, 1.165) is 28.0 Å². The molecule has 0 amide bonds. The van der Waals surface area contributed by atoms with Crippen LogP contribution in [0.2, 0.25) is 0 Å². The van der Waals surface area contributed by atoms with E-state index in [2.05, 4.69) is 20.4 Å². The number of imidazole rings is 1. The lowest BCUT2D eigenvalue weighted by Gasteiger charge is -2.34. The predicted octanol–water partition coefficient (Wildman–Crippen LogP) is 3.16. The highest BCUT2D eigenvalue weighted by Crippen LogP contribution is 2.35. The third-order valence-electron chi connectivity index (χ3n) is 7.01. The topological polar surface area (TPSA) is 81.7 Å². The second kappa shape index (κ2) is 8.63. The summed E-state index contributed by atoms with van der Waals surface area (Å²) in [4.78, 5) is 10.7. The number of aryl methyl sites for hydroxylation is 2. The molecule has 5 heterocycles. The highest BCUT2D eigenvalue weighted by atomic mass is 19.3. The molecular weight excluding hydrogens is 475 g/mol. The van der Waals surface area contributed by atoms with Gasteiger partial charge in [0.25, 0.3) is 5.92 Å². The van der Waals surface area contributed by atoms with Crippen molar-refractivity contribution in [3.63, 3.8) is 0 Å². The molecule has 12 heteroatoms. The Morgan fingerprint density at radius 1 is 1.22 bits per heavy atom. The molecule has 9 nitrogen and oxygen atoms in total. The molecular formula is C24H26F3N7O2. The van der Waals surface area contributed by atoms with Gasteiger partial charge in [-0.2, -0.15) is 4.98 Å². The molecule has 1 N–H and O–H groups in total. The molecule has 1 unspecified atom stereocenters. The fourth-order valence-corrected chi connectivity index (χ4v) is 5.04. The maximum atomic E-state index is 14.7. The molecule has 0 spiro atoms. The Kier molecular flexibility index (Phi) is 5.52. The zero-order chi connectivity index (χ0) is 25.0. The molecule has 36 heavy (non-hydrogen) atoms. The largest absolute Gasteiger partial charge is 0.479 e. The number of benzene rings is 1. The first kappa shape index (κ1) is 23.0. The van der Waals surface area contributed by atoms with Crippen molar-refractivity contribution >= 4 is 22.5 Å². The molecule has 190 valence electrons. The van der Waals surface area contributed by atoms with Crippen molar-refractivity contribution in [3.05, 3.63) is 36.3 Å². The van der Waals surface area contributed by atoms with Gasteiger partial charge < -0.3 is 19.4 Å². The van der Waals surface area contributed by atoms with Crippen LogP contribution in [0.1, 0.15) is 5.82 Å². The van der Waals surface area contributed by atoms with E-state index in [0.29, 0.717) is 18.7 Å². The number of likely N-dealkylation sites (tertiary alicyclic amines) is 1. The summed E-state index contributed by atoms with van der Waals surface area (Å²) in [6, 6.07) is 6.52. The van der Waals surface area contributed by atoms with E-state index < -0.39 is 18.6 Å². The minimum Gasteiger partial charge on any atom is -0.479 e. The smallest absolute Gasteiger partial charge is 0.281 e. The van der Waals surface area contributed by atoms with Crippen LogP contribution in [0, 0.1) is 6.92 Å². The zero-order valence-corrected chi connectivity index (χ0v) is 19.9. The summed E-state index contributed by atoms with van der Waals surface area (Å²) in [5.74, 6) is -1.87. The number of hydrogen-bond donors (Lipinski definition) is 1. The van der Waals surface area contributed by atoms with Gasteiger partial charge in [-0.25, -0.2) is 22.7 Å². The van der Waals surface area contributed by atoms with Crippen LogP contribution in [0.5, 0.6) is 5.88 Å². The SMILES string of the molecule is COc1nc(NC2CN(C3COC3)CC2(F)F)nn2ccc(-c3ccc4nc(C)n(CCF)c4c3)c12. The summed E-state index contributed by atoms with van der Waals surface area (Å²) in [6.45, 7) is 2.38. The van der Waals surface area contributed by atoms with Gasteiger partial charge in [0.15, 0.2) is 0 Å². The molecule has 3 aromatic heterocycles. The molecule has 2 saturated heterocycles. The summed E-state index contributed by atoms with van der Waals surface area (Å²) >= 11 is 0. The van der Waals surface area contributed by atoms with Crippen molar-refractivity contribution in [3.8, 4) is 17.0 Å². The monoisotopic (exact) mass is 501 g/mol. The van der Waals surface area contributed by atoms with Gasteiger partial charge in [0.2, 0.25) is 11.8 Å². The summed E-state index contributed by atoms with van der Waals surface area (Å²) in [5.41, 5.74) is 3.86. The minimum atomic E-state index is -2.93. The summed E-state index contributed by atoms with van der Waals surface area (Å²) in [5, 5.41) is 7.27. The Labute approximate surface area is 204 Å². The molecule has 0 radical (unpaired) electrons. The fraction of sp³-hybridized carbons (Fsp3) is 0.458. The van der Waals surface area contributed by atoms with Crippen molar-refractivity contribution in [2.45, 2.75) is 31.5 Å². The maximum absolute atomic E-state index is 14.7. The molecule has 0 aliphatic carbocycles. The number of fused-ring (bicyclic) bond motifs is 2. The third kappa shape index (κ3) is 3.75. The van der Waals surface area contributed by atoms with E-state index in [1.807, 2.05) is 35.8 Å². The number of ether oxygens (including phenoxy) is 2. The maximum Gasteiger partial charge on any atom is 0.281 e. The molecule has 2 aliphatic rings. The van der Waals surface area contributed by atoms with Gasteiger partial charge in [-0.05, 0) is 30.7 Å². The van der Waals surface area contributed by atoms with Gasteiger partial charge in [-0.15, -0.1) is 5.10 Å². The molecule has 0 saturated carbocycles. The average Bonchev–Trinajstić information content (AvgIpc) is 3.46. The summed E-state index contributed by atoms with van der Waals surface area (Å²) in [6.07, 6.45) is 1.74. The van der Waals surface area contributed by atoms with Crippen LogP contribution in [0.15, 0.2) is 30.5 Å². The van der Waals surface area contributed by atoms with Gasteiger partial charge in [0, 0.05) is 18.3 Å². The summed E-state index contributed by atoms with van der Waals surface area (Å²) < 4.78 is 56.7. The number of rotatable bonds is 7. The molecule has 0 bridgehead atoms. The lowest BCUT2D eigenvalue weighted by Crippen LogP contribution is -2.48. The van der Waals surface area contributed by atoms with E-state index >= 15 is 0 Å². The van der Waals surface area contributed by atoms with E-state index in [1.165, 1.54) is 7.11 Å². The molecule has 1 atom stereocenters. The quantitative estimate of drug-likeness (QED) is 0.417. The Morgan fingerprint density at radius 3 is 2.78 bits per heavy atom. The van der Waals surface area contributed by atoms with Gasteiger partial charge in [0.05, 0.1) is 50.5 Å². The van der Waals surface area contributed by atoms with Crippen LogP contribution in [0.25, 0.3) is 27.7 Å². The lowest BCUT2D eigenvalue weighted by molar-refractivity contribution is -0.0711. The number of alkyl halides is 3. The van der Waals surface area contributed by atoms with Crippen molar-refractivity contribution in [1.82, 2.24) is 29.0 Å². The number of nitrogens with one attached hydrogen (secondary N) is 1. The number of hydrogen-bond acceptors (Lipinski definition) is 7. The average molecular weight is 502 g/mol. The predicted molar refractivity (Wildman–Crippen MR) is 128 cm³/mol. The lowest BCUT2D eigenvalue weighted by atomic mass is 10.1. The molecule has 2 aliphatic heterocycles. The van der Waals surface area contributed by atoms with Crippen LogP contribution < -0.4 is 10.1 Å². The second-order valence-corrected chi connectivity index (χ2v) is 9.25. The first-order valence-electron chi connectivity index (χ1n) is 11.8. The van der Waals surface area contributed by atoms with Crippen molar-refractivity contribution < 1.29 is 22.6 Å². The number of methoxy groups -OCH3 is 1. The van der Waals surface area contributed by atoms with Crippen LogP contribution in [-0.4, -0.2) is 87.1 Å². The van der Waals surface area contributed by atoms with Crippen LogP contribution in [-0.2, 0) is 11.3 Å². The number of nitrogens with zero attached hydrogens (tertiary/aromatic N) is 6.